The summed E-state index contributed by atoms with van der Waals surface area (Å²) in [5.41, 5.74) is 7.27. The fourth-order valence-electron chi connectivity index (χ4n) is 1.83. The minimum atomic E-state index is -3.80. The Labute approximate surface area is 124 Å². The maximum atomic E-state index is 12.5. The summed E-state index contributed by atoms with van der Waals surface area (Å²) in [7, 11) is -3.80. The topological polar surface area (TPSA) is 94.3 Å². The lowest BCUT2D eigenvalue weighted by molar-refractivity contribution is 0.331. The first-order valence-corrected chi connectivity index (χ1v) is 7.87. The van der Waals surface area contributed by atoms with Gasteiger partial charge < -0.3 is 10.5 Å². The van der Waals surface area contributed by atoms with Crippen LogP contribution in [0.15, 0.2) is 41.6 Å². The number of hydrogen-bond donors (Lipinski definition) is 2. The van der Waals surface area contributed by atoms with Gasteiger partial charge in [-0.25, -0.2) is 8.42 Å². The number of pyridine rings is 1. The van der Waals surface area contributed by atoms with Gasteiger partial charge in [0.05, 0.1) is 18.5 Å². The number of aryl methyl sites for hydroxylation is 1. The number of nitrogens with one attached hydrogen (secondary N) is 1. The number of nitrogen functional groups attached to an aromatic ring is 1. The summed E-state index contributed by atoms with van der Waals surface area (Å²) in [5, 5.41) is 0. The molecule has 0 spiro atoms. The van der Waals surface area contributed by atoms with Crippen molar-refractivity contribution < 1.29 is 13.2 Å². The molecule has 2 aromatic rings. The zero-order chi connectivity index (χ0) is 15.5. The van der Waals surface area contributed by atoms with E-state index in [-0.39, 0.29) is 10.6 Å². The zero-order valence-corrected chi connectivity index (χ0v) is 12.6. The van der Waals surface area contributed by atoms with Crippen molar-refractivity contribution in [2.75, 3.05) is 17.1 Å². The molecule has 0 atom stereocenters. The smallest absolute Gasteiger partial charge is 0.265 e. The third kappa shape index (κ3) is 3.63. The number of sulfonamides is 1. The second-order valence-corrected chi connectivity index (χ2v) is 6.15. The van der Waals surface area contributed by atoms with Crippen LogP contribution in [0.5, 0.6) is 5.75 Å². The average Bonchev–Trinajstić information content (AvgIpc) is 2.40. The van der Waals surface area contributed by atoms with Gasteiger partial charge in [0.1, 0.15) is 10.6 Å². The second kappa shape index (κ2) is 6.01. The zero-order valence-electron chi connectivity index (χ0n) is 11.8. The van der Waals surface area contributed by atoms with E-state index < -0.39 is 10.0 Å². The van der Waals surface area contributed by atoms with Gasteiger partial charge in [0, 0.05) is 11.9 Å². The van der Waals surface area contributed by atoms with Crippen LogP contribution in [0, 0.1) is 6.92 Å². The predicted octanol–water partition coefficient (Wildman–Crippen LogP) is 2.17. The summed E-state index contributed by atoms with van der Waals surface area (Å²) in [6.07, 6.45) is 3.08. The SMILES string of the molecule is CCOc1ccc(N)cc1S(=O)(=O)Nc1cncc(C)c1. The third-order valence-corrected chi connectivity index (χ3v) is 4.09. The highest BCUT2D eigenvalue weighted by Gasteiger charge is 2.20. The highest BCUT2D eigenvalue weighted by Crippen LogP contribution is 2.28. The Hall–Kier alpha value is -2.28. The quantitative estimate of drug-likeness (QED) is 0.826. The number of hydrogen-bond acceptors (Lipinski definition) is 5. The molecule has 0 radical (unpaired) electrons. The highest BCUT2D eigenvalue weighted by atomic mass is 32.2. The fraction of sp³-hybridized carbons (Fsp3) is 0.214. The van der Waals surface area contributed by atoms with Crippen molar-refractivity contribution in [1.82, 2.24) is 4.98 Å². The van der Waals surface area contributed by atoms with Gasteiger partial charge in [-0.1, -0.05) is 0 Å². The molecule has 1 heterocycles. The van der Waals surface area contributed by atoms with Crippen LogP contribution in [0.3, 0.4) is 0 Å². The lowest BCUT2D eigenvalue weighted by atomic mass is 10.3. The van der Waals surface area contributed by atoms with Gasteiger partial charge >= 0.3 is 0 Å². The van der Waals surface area contributed by atoms with E-state index in [1.54, 1.807) is 31.3 Å². The molecule has 0 unspecified atom stereocenters. The van der Waals surface area contributed by atoms with Crippen molar-refractivity contribution in [3.8, 4) is 5.75 Å². The lowest BCUT2D eigenvalue weighted by Gasteiger charge is -2.13. The van der Waals surface area contributed by atoms with Gasteiger partial charge in [-0.3, -0.25) is 9.71 Å². The molecule has 2 rings (SSSR count). The molecule has 0 aliphatic rings. The minimum absolute atomic E-state index is 0.00542. The first-order valence-electron chi connectivity index (χ1n) is 6.39. The minimum Gasteiger partial charge on any atom is -0.492 e. The number of nitrogens with zero attached hydrogens (tertiary/aromatic N) is 1. The van der Waals surface area contributed by atoms with Gasteiger partial charge in [0.2, 0.25) is 0 Å². The number of aromatic nitrogens is 1. The summed E-state index contributed by atoms with van der Waals surface area (Å²) in [6, 6.07) is 6.20. The molecule has 1 aromatic carbocycles. The maximum Gasteiger partial charge on any atom is 0.265 e. The van der Waals surface area contributed by atoms with Gasteiger partial charge in [-0.15, -0.1) is 0 Å². The third-order valence-electron chi connectivity index (χ3n) is 2.68. The van der Waals surface area contributed by atoms with Crippen molar-refractivity contribution in [2.24, 2.45) is 0 Å². The van der Waals surface area contributed by atoms with E-state index in [1.165, 1.54) is 12.3 Å². The lowest BCUT2D eigenvalue weighted by Crippen LogP contribution is -2.15. The van der Waals surface area contributed by atoms with Crippen molar-refractivity contribution in [3.63, 3.8) is 0 Å². The van der Waals surface area contributed by atoms with Crippen LogP contribution < -0.4 is 15.2 Å². The summed E-state index contributed by atoms with van der Waals surface area (Å²) < 4.78 is 32.8. The van der Waals surface area contributed by atoms with Crippen LogP contribution in [-0.2, 0) is 10.0 Å². The number of benzene rings is 1. The monoisotopic (exact) mass is 307 g/mol. The molecular formula is C14H17N3O3S. The normalized spacial score (nSPS) is 11.1. The van der Waals surface area contributed by atoms with Crippen molar-refractivity contribution in [2.45, 2.75) is 18.7 Å². The largest absolute Gasteiger partial charge is 0.492 e. The number of anilines is 2. The Morgan fingerprint density at radius 3 is 2.71 bits per heavy atom. The summed E-state index contributed by atoms with van der Waals surface area (Å²) in [5.74, 6) is 0.264. The fourth-order valence-corrected chi connectivity index (χ4v) is 3.05. The van der Waals surface area contributed by atoms with E-state index in [1.807, 2.05) is 6.92 Å². The molecule has 6 nitrogen and oxygen atoms in total. The molecule has 0 saturated carbocycles. The van der Waals surface area contributed by atoms with Gasteiger partial charge in [0.25, 0.3) is 10.0 Å². The number of ether oxygens (including phenoxy) is 1. The standard InChI is InChI=1S/C14H17N3O3S/c1-3-20-13-5-4-11(15)7-14(13)21(18,19)17-12-6-10(2)8-16-9-12/h4-9,17H,3,15H2,1-2H3. The highest BCUT2D eigenvalue weighted by molar-refractivity contribution is 7.92. The molecule has 21 heavy (non-hydrogen) atoms. The van der Waals surface area contributed by atoms with Crippen LogP contribution in [-0.4, -0.2) is 20.0 Å². The van der Waals surface area contributed by atoms with E-state index >= 15 is 0 Å². The predicted molar refractivity (Wildman–Crippen MR) is 81.8 cm³/mol. The first kappa shape index (κ1) is 15.1. The van der Waals surface area contributed by atoms with Crippen LogP contribution >= 0.6 is 0 Å². The van der Waals surface area contributed by atoms with Gasteiger partial charge in [0.15, 0.2) is 0 Å². The van der Waals surface area contributed by atoms with E-state index in [0.29, 0.717) is 18.0 Å². The Balaban J connectivity index is 2.41. The molecule has 0 aliphatic heterocycles. The van der Waals surface area contributed by atoms with E-state index in [0.717, 1.165) is 5.56 Å². The molecule has 0 amide bonds. The first-order chi connectivity index (χ1) is 9.92. The van der Waals surface area contributed by atoms with Crippen LogP contribution in [0.25, 0.3) is 0 Å². The van der Waals surface area contributed by atoms with Gasteiger partial charge in [-0.05, 0) is 43.7 Å². The number of nitrogens with two attached hydrogens (primary N) is 1. The summed E-state index contributed by atoms with van der Waals surface area (Å²) in [4.78, 5) is 3.96. The van der Waals surface area contributed by atoms with E-state index in [4.69, 9.17) is 10.5 Å². The number of rotatable bonds is 5. The molecule has 0 fully saturated rings. The molecular weight excluding hydrogens is 290 g/mol. The Morgan fingerprint density at radius 1 is 1.29 bits per heavy atom. The van der Waals surface area contributed by atoms with Crippen molar-refractivity contribution in [1.29, 1.82) is 0 Å². The van der Waals surface area contributed by atoms with Crippen molar-refractivity contribution >= 4 is 21.4 Å². The Bertz CT molecular complexity index is 745. The molecule has 112 valence electrons. The molecule has 7 heteroatoms. The maximum absolute atomic E-state index is 12.5. The molecule has 0 aliphatic carbocycles. The van der Waals surface area contributed by atoms with Crippen LogP contribution in [0.2, 0.25) is 0 Å². The Kier molecular flexibility index (Phi) is 4.32. The van der Waals surface area contributed by atoms with Crippen LogP contribution in [0.1, 0.15) is 12.5 Å². The van der Waals surface area contributed by atoms with E-state index in [2.05, 4.69) is 9.71 Å². The molecule has 0 saturated heterocycles. The molecule has 3 N–H and O–H groups in total. The molecule has 1 aromatic heterocycles. The Morgan fingerprint density at radius 2 is 2.05 bits per heavy atom. The van der Waals surface area contributed by atoms with Crippen molar-refractivity contribution in [3.05, 3.63) is 42.2 Å². The second-order valence-electron chi connectivity index (χ2n) is 4.50. The average molecular weight is 307 g/mol. The molecule has 0 bridgehead atoms. The summed E-state index contributed by atoms with van der Waals surface area (Å²) in [6.45, 7) is 3.97. The summed E-state index contributed by atoms with van der Waals surface area (Å²) >= 11 is 0. The van der Waals surface area contributed by atoms with Crippen LogP contribution in [0.4, 0.5) is 11.4 Å². The van der Waals surface area contributed by atoms with Gasteiger partial charge in [-0.2, -0.15) is 0 Å². The van der Waals surface area contributed by atoms with E-state index in [9.17, 15) is 8.42 Å².